The second kappa shape index (κ2) is 7.03. The van der Waals surface area contributed by atoms with Crippen molar-refractivity contribution in [3.63, 3.8) is 0 Å². The summed E-state index contributed by atoms with van der Waals surface area (Å²) in [6.07, 6.45) is 6.27. The van der Waals surface area contributed by atoms with Crippen molar-refractivity contribution in [3.05, 3.63) is 60.0 Å². The molecule has 3 heterocycles. The van der Waals surface area contributed by atoms with Gasteiger partial charge in [-0.3, -0.25) is 9.63 Å². The smallest absolute Gasteiger partial charge is 0.279 e. The molecular weight excluding hydrogens is 316 g/mol. The maximum atomic E-state index is 12.5. The average molecular weight is 336 g/mol. The van der Waals surface area contributed by atoms with E-state index in [0.717, 1.165) is 37.0 Å². The Kier molecular flexibility index (Phi) is 4.43. The first kappa shape index (κ1) is 15.8. The number of benzene rings is 1. The van der Waals surface area contributed by atoms with Gasteiger partial charge in [-0.25, -0.2) is 15.0 Å². The maximum absolute atomic E-state index is 12.5. The van der Waals surface area contributed by atoms with Gasteiger partial charge in [-0.15, -0.1) is 0 Å². The zero-order chi connectivity index (χ0) is 17.1. The monoisotopic (exact) mass is 336 g/mol. The van der Waals surface area contributed by atoms with Crippen LogP contribution in [0.5, 0.6) is 0 Å². The zero-order valence-electron chi connectivity index (χ0n) is 14.0. The van der Waals surface area contributed by atoms with Crippen LogP contribution >= 0.6 is 0 Å². The van der Waals surface area contributed by atoms with E-state index in [2.05, 4.69) is 22.1 Å². The van der Waals surface area contributed by atoms with Gasteiger partial charge in [-0.2, -0.15) is 0 Å². The van der Waals surface area contributed by atoms with Crippen molar-refractivity contribution >= 4 is 17.1 Å². The molecule has 0 radical (unpaired) electrons. The Bertz CT molecular complexity index is 870. The number of pyridine rings is 1. The molecule has 1 fully saturated rings. The minimum absolute atomic E-state index is 0.145. The fourth-order valence-corrected chi connectivity index (χ4v) is 3.02. The third-order valence-corrected chi connectivity index (χ3v) is 4.42. The summed E-state index contributed by atoms with van der Waals surface area (Å²) in [6.45, 7) is 2.02. The molecule has 1 aliphatic heterocycles. The van der Waals surface area contributed by atoms with Gasteiger partial charge < -0.3 is 4.57 Å². The number of imidazole rings is 1. The highest BCUT2D eigenvalue weighted by atomic mass is 16.7. The van der Waals surface area contributed by atoms with Gasteiger partial charge in [0.1, 0.15) is 5.52 Å². The quantitative estimate of drug-likeness (QED) is 0.735. The molecular formula is C19H20N4O2. The van der Waals surface area contributed by atoms with Gasteiger partial charge in [-0.1, -0.05) is 30.3 Å². The fourth-order valence-electron chi connectivity index (χ4n) is 3.02. The number of carbonyl (C=O) groups is 1. The van der Waals surface area contributed by atoms with E-state index in [-0.39, 0.29) is 5.91 Å². The molecule has 128 valence electrons. The van der Waals surface area contributed by atoms with Crippen LogP contribution in [0.25, 0.3) is 11.2 Å². The van der Waals surface area contributed by atoms with Gasteiger partial charge in [0.15, 0.2) is 5.65 Å². The van der Waals surface area contributed by atoms with Crippen LogP contribution in [0.2, 0.25) is 0 Å². The van der Waals surface area contributed by atoms with Crippen molar-refractivity contribution in [3.8, 4) is 0 Å². The van der Waals surface area contributed by atoms with Crippen LogP contribution in [0, 0.1) is 0 Å². The van der Waals surface area contributed by atoms with E-state index < -0.39 is 0 Å². The molecule has 0 N–H and O–H groups in total. The Morgan fingerprint density at radius 3 is 2.84 bits per heavy atom. The number of rotatable bonds is 4. The highest BCUT2D eigenvalue weighted by molar-refractivity contribution is 5.95. The van der Waals surface area contributed by atoms with Crippen LogP contribution in [0.3, 0.4) is 0 Å². The molecule has 0 unspecified atom stereocenters. The van der Waals surface area contributed by atoms with E-state index in [1.807, 2.05) is 22.8 Å². The van der Waals surface area contributed by atoms with Gasteiger partial charge in [0.05, 0.1) is 18.5 Å². The Morgan fingerprint density at radius 2 is 2.04 bits per heavy atom. The van der Waals surface area contributed by atoms with Crippen molar-refractivity contribution in [2.75, 3.05) is 13.2 Å². The summed E-state index contributed by atoms with van der Waals surface area (Å²) in [4.78, 5) is 26.8. The molecule has 0 atom stereocenters. The van der Waals surface area contributed by atoms with Gasteiger partial charge in [-0.05, 0) is 30.9 Å². The Labute approximate surface area is 146 Å². The van der Waals surface area contributed by atoms with Crippen molar-refractivity contribution in [1.82, 2.24) is 19.6 Å². The molecule has 1 aromatic carbocycles. The molecule has 0 aliphatic carbocycles. The summed E-state index contributed by atoms with van der Waals surface area (Å²) in [6, 6.07) is 12.1. The summed E-state index contributed by atoms with van der Waals surface area (Å²) in [5.41, 5.74) is 3.32. The number of hydroxylamine groups is 2. The molecule has 1 aliphatic rings. The average Bonchev–Trinajstić information content (AvgIpc) is 3.09. The number of hydrogen-bond acceptors (Lipinski definition) is 4. The predicted octanol–water partition coefficient (Wildman–Crippen LogP) is 2.84. The van der Waals surface area contributed by atoms with E-state index in [0.29, 0.717) is 18.7 Å². The summed E-state index contributed by atoms with van der Waals surface area (Å²) in [7, 11) is 0. The molecule has 0 saturated carbocycles. The number of aromatic nitrogens is 3. The number of fused-ring (bicyclic) bond motifs is 1. The van der Waals surface area contributed by atoms with Crippen LogP contribution in [0.15, 0.2) is 48.9 Å². The van der Waals surface area contributed by atoms with E-state index in [1.54, 1.807) is 18.6 Å². The first-order chi connectivity index (χ1) is 12.3. The lowest BCUT2D eigenvalue weighted by Crippen LogP contribution is -2.35. The number of nitrogens with zero attached hydrogens (tertiary/aromatic N) is 4. The molecule has 0 spiro atoms. The summed E-state index contributed by atoms with van der Waals surface area (Å²) in [5, 5.41) is 1.43. The van der Waals surface area contributed by atoms with Crippen LogP contribution < -0.4 is 0 Å². The number of carbonyl (C=O) groups excluding carboxylic acids is 1. The Morgan fingerprint density at radius 1 is 1.16 bits per heavy atom. The lowest BCUT2D eigenvalue weighted by Gasteiger charge is -2.25. The fraction of sp³-hybridized carbons (Fsp3) is 0.316. The topological polar surface area (TPSA) is 60.2 Å². The third kappa shape index (κ3) is 3.39. The van der Waals surface area contributed by atoms with Crippen molar-refractivity contribution in [1.29, 1.82) is 0 Å². The molecule has 0 bridgehead atoms. The molecule has 6 heteroatoms. The highest BCUT2D eigenvalue weighted by Crippen LogP contribution is 2.16. The first-order valence-electron chi connectivity index (χ1n) is 8.61. The molecule has 1 saturated heterocycles. The Hall–Kier alpha value is -2.73. The first-order valence-corrected chi connectivity index (χ1v) is 8.61. The van der Waals surface area contributed by atoms with Crippen molar-refractivity contribution in [2.24, 2.45) is 0 Å². The Balaban J connectivity index is 1.51. The normalized spacial score (nSPS) is 14.8. The van der Waals surface area contributed by atoms with E-state index >= 15 is 0 Å². The number of hydrogen-bond donors (Lipinski definition) is 0. The second-order valence-corrected chi connectivity index (χ2v) is 6.19. The van der Waals surface area contributed by atoms with Crippen LogP contribution in [-0.2, 0) is 17.8 Å². The highest BCUT2D eigenvalue weighted by Gasteiger charge is 2.20. The minimum atomic E-state index is -0.145. The van der Waals surface area contributed by atoms with Gasteiger partial charge in [0, 0.05) is 19.3 Å². The van der Waals surface area contributed by atoms with Crippen molar-refractivity contribution in [2.45, 2.75) is 25.8 Å². The second-order valence-electron chi connectivity index (χ2n) is 6.19. The number of aryl methyl sites for hydroxylation is 2. The zero-order valence-corrected chi connectivity index (χ0v) is 14.0. The lowest BCUT2D eigenvalue weighted by molar-refractivity contribution is -0.144. The SMILES string of the molecule is O=C(c1cnc2c(c1)ncn2CCc1ccccc1)N1CCCCO1. The summed E-state index contributed by atoms with van der Waals surface area (Å²) >= 11 is 0. The van der Waals surface area contributed by atoms with Gasteiger partial charge in [0.25, 0.3) is 5.91 Å². The van der Waals surface area contributed by atoms with E-state index in [1.165, 1.54) is 10.6 Å². The minimum Gasteiger partial charge on any atom is -0.315 e. The van der Waals surface area contributed by atoms with Crippen LogP contribution in [0.1, 0.15) is 28.8 Å². The molecule has 3 aromatic rings. The van der Waals surface area contributed by atoms with Crippen molar-refractivity contribution < 1.29 is 9.63 Å². The predicted molar refractivity (Wildman–Crippen MR) is 93.9 cm³/mol. The van der Waals surface area contributed by atoms with Gasteiger partial charge >= 0.3 is 0 Å². The molecule has 4 rings (SSSR count). The molecule has 25 heavy (non-hydrogen) atoms. The molecule has 2 aromatic heterocycles. The number of amides is 1. The van der Waals surface area contributed by atoms with Crippen LogP contribution in [0.4, 0.5) is 0 Å². The molecule has 6 nitrogen and oxygen atoms in total. The standard InChI is InChI=1S/C19H20N4O2/c24-19(23-9-4-5-11-25-23)16-12-17-18(20-13-16)22(14-21-17)10-8-15-6-2-1-3-7-15/h1-3,6-7,12-14H,4-5,8-11H2. The maximum Gasteiger partial charge on any atom is 0.279 e. The van der Waals surface area contributed by atoms with Gasteiger partial charge in [0.2, 0.25) is 0 Å². The van der Waals surface area contributed by atoms with E-state index in [4.69, 9.17) is 4.84 Å². The summed E-state index contributed by atoms with van der Waals surface area (Å²) < 4.78 is 2.02. The van der Waals surface area contributed by atoms with Crippen LogP contribution in [-0.4, -0.2) is 38.7 Å². The van der Waals surface area contributed by atoms with E-state index in [9.17, 15) is 4.79 Å². The molecule has 1 amide bonds. The largest absolute Gasteiger partial charge is 0.315 e. The summed E-state index contributed by atoms with van der Waals surface area (Å²) in [5.74, 6) is -0.145. The lowest BCUT2D eigenvalue weighted by atomic mass is 10.1. The third-order valence-electron chi connectivity index (χ3n) is 4.42.